The lowest BCUT2D eigenvalue weighted by Crippen LogP contribution is -1.94. The van der Waals surface area contributed by atoms with Gasteiger partial charge in [-0.2, -0.15) is 0 Å². The molecule has 0 saturated carbocycles. The van der Waals surface area contributed by atoms with Gasteiger partial charge in [-0.15, -0.1) is 0 Å². The Morgan fingerprint density at radius 2 is 2.30 bits per heavy atom. The summed E-state index contributed by atoms with van der Waals surface area (Å²) in [6.45, 7) is 0. The van der Waals surface area contributed by atoms with Crippen LogP contribution in [0.3, 0.4) is 0 Å². The number of rotatable bonds is 2. The summed E-state index contributed by atoms with van der Waals surface area (Å²) in [7, 11) is 0. The van der Waals surface area contributed by atoms with Gasteiger partial charge < -0.3 is 10.8 Å². The number of amides is 1. The van der Waals surface area contributed by atoms with E-state index in [1.165, 1.54) is 0 Å². The molecule has 1 rings (SSSR count). The Balaban J connectivity index is 0.000000810. The van der Waals surface area contributed by atoms with E-state index in [2.05, 4.69) is 10.3 Å². The van der Waals surface area contributed by atoms with Crippen molar-refractivity contribution in [1.29, 1.82) is 0 Å². The van der Waals surface area contributed by atoms with Crippen molar-refractivity contribution in [3.8, 4) is 0 Å². The van der Waals surface area contributed by atoms with E-state index in [1.807, 2.05) is 0 Å². The van der Waals surface area contributed by atoms with Gasteiger partial charge in [-0.05, 0) is 12.1 Å². The van der Waals surface area contributed by atoms with Crippen LogP contribution in [0.5, 0.6) is 0 Å². The van der Waals surface area contributed by atoms with Gasteiger partial charge in [-0.1, -0.05) is 6.07 Å². The van der Waals surface area contributed by atoms with E-state index >= 15 is 0 Å². The smallest absolute Gasteiger partial charge is 0.212 e. The van der Waals surface area contributed by atoms with Crippen molar-refractivity contribution < 1.29 is 10.3 Å². The fraction of sp³-hybridized carbons (Fsp3) is 0. The Morgan fingerprint density at radius 3 is 2.80 bits per heavy atom. The largest absolute Gasteiger partial charge is 0.412 e. The molecule has 0 bridgehead atoms. The van der Waals surface area contributed by atoms with Crippen LogP contribution < -0.4 is 5.32 Å². The molecule has 1 aromatic heterocycles. The quantitative estimate of drug-likeness (QED) is 0.579. The van der Waals surface area contributed by atoms with E-state index in [4.69, 9.17) is 0 Å². The molecule has 0 aromatic carbocycles. The first-order valence-corrected chi connectivity index (χ1v) is 2.54. The minimum Gasteiger partial charge on any atom is -0.412 e. The molecule has 0 fully saturated rings. The molecule has 0 aliphatic rings. The van der Waals surface area contributed by atoms with Crippen molar-refractivity contribution in [3.63, 3.8) is 0 Å². The minimum atomic E-state index is 0. The maximum atomic E-state index is 9.82. The number of pyridine rings is 1. The predicted molar refractivity (Wildman–Crippen MR) is 37.5 cm³/mol. The highest BCUT2D eigenvalue weighted by molar-refractivity contribution is 5.68. The Kier molecular flexibility index (Phi) is 3.83. The highest BCUT2D eigenvalue weighted by Crippen LogP contribution is 1.95. The molecule has 4 heteroatoms. The molecule has 3 N–H and O–H groups in total. The Labute approximate surface area is 58.2 Å². The fourth-order valence-corrected chi connectivity index (χ4v) is 0.509. The topological polar surface area (TPSA) is 73.5 Å². The molecule has 0 aliphatic carbocycles. The van der Waals surface area contributed by atoms with Crippen LogP contribution in [-0.2, 0) is 4.79 Å². The van der Waals surface area contributed by atoms with E-state index < -0.39 is 0 Å². The zero-order chi connectivity index (χ0) is 6.53. The number of anilines is 1. The van der Waals surface area contributed by atoms with Crippen LogP contribution in [0.15, 0.2) is 24.4 Å². The normalized spacial score (nSPS) is 7.60. The maximum absolute atomic E-state index is 9.82. The molecule has 1 aromatic rings. The second kappa shape index (κ2) is 4.46. The SMILES string of the molecule is O.O=CNc1ccccn1. The second-order valence-electron chi connectivity index (χ2n) is 1.48. The third-order valence-electron chi connectivity index (χ3n) is 0.872. The summed E-state index contributed by atoms with van der Waals surface area (Å²) in [5.41, 5.74) is 0. The molecule has 0 aliphatic heterocycles. The molecule has 1 heterocycles. The number of aromatic nitrogens is 1. The van der Waals surface area contributed by atoms with Crippen LogP contribution in [0.2, 0.25) is 0 Å². The highest BCUT2D eigenvalue weighted by atomic mass is 16.1. The standard InChI is InChI=1S/C6H6N2O.H2O/c9-5-8-6-3-1-2-4-7-6;/h1-5H,(H,7,8,9);1H2. The van der Waals surface area contributed by atoms with Gasteiger partial charge in [0.15, 0.2) is 0 Å². The van der Waals surface area contributed by atoms with Gasteiger partial charge in [0.1, 0.15) is 5.82 Å². The molecule has 1 amide bonds. The summed E-state index contributed by atoms with van der Waals surface area (Å²) in [6.07, 6.45) is 2.22. The summed E-state index contributed by atoms with van der Waals surface area (Å²) in [6, 6.07) is 5.31. The lowest BCUT2D eigenvalue weighted by molar-refractivity contribution is -0.105. The first kappa shape index (κ1) is 8.58. The van der Waals surface area contributed by atoms with Gasteiger partial charge >= 0.3 is 0 Å². The zero-order valence-corrected chi connectivity index (χ0v) is 5.24. The van der Waals surface area contributed by atoms with Gasteiger partial charge in [-0.3, -0.25) is 4.79 Å². The summed E-state index contributed by atoms with van der Waals surface area (Å²) < 4.78 is 0. The first-order valence-electron chi connectivity index (χ1n) is 2.54. The van der Waals surface area contributed by atoms with Crippen LogP contribution in [0.4, 0.5) is 5.82 Å². The molecular weight excluding hydrogens is 132 g/mol. The van der Waals surface area contributed by atoms with E-state index in [9.17, 15) is 4.79 Å². The molecule has 4 nitrogen and oxygen atoms in total. The van der Waals surface area contributed by atoms with Gasteiger partial charge in [-0.25, -0.2) is 4.98 Å². The molecular formula is C6H8N2O2. The summed E-state index contributed by atoms with van der Waals surface area (Å²) in [4.78, 5) is 13.6. The van der Waals surface area contributed by atoms with E-state index in [0.717, 1.165) is 0 Å². The molecule has 0 saturated heterocycles. The van der Waals surface area contributed by atoms with E-state index in [-0.39, 0.29) is 5.48 Å². The first-order chi connectivity index (χ1) is 4.43. The summed E-state index contributed by atoms with van der Waals surface area (Å²) >= 11 is 0. The van der Waals surface area contributed by atoms with Crippen molar-refractivity contribution in [2.24, 2.45) is 0 Å². The molecule has 0 spiro atoms. The van der Waals surface area contributed by atoms with E-state index in [1.54, 1.807) is 24.4 Å². The van der Waals surface area contributed by atoms with Crippen LogP contribution in [0, 0.1) is 0 Å². The molecule has 0 unspecified atom stereocenters. The summed E-state index contributed by atoms with van der Waals surface area (Å²) in [5, 5.41) is 2.42. The number of nitrogens with one attached hydrogen (secondary N) is 1. The third-order valence-corrected chi connectivity index (χ3v) is 0.872. The number of nitrogens with zero attached hydrogens (tertiary/aromatic N) is 1. The number of carbonyl (C=O) groups excluding carboxylic acids is 1. The molecule has 54 valence electrons. The van der Waals surface area contributed by atoms with Gasteiger partial charge in [0.25, 0.3) is 0 Å². The molecule has 0 radical (unpaired) electrons. The maximum Gasteiger partial charge on any atom is 0.212 e. The lowest BCUT2D eigenvalue weighted by Gasteiger charge is -1.91. The zero-order valence-electron chi connectivity index (χ0n) is 5.24. The second-order valence-corrected chi connectivity index (χ2v) is 1.48. The van der Waals surface area contributed by atoms with E-state index in [0.29, 0.717) is 12.2 Å². The van der Waals surface area contributed by atoms with Crippen molar-refractivity contribution in [2.45, 2.75) is 0 Å². The van der Waals surface area contributed by atoms with Crippen molar-refractivity contribution >= 4 is 12.2 Å². The van der Waals surface area contributed by atoms with Gasteiger partial charge in [0, 0.05) is 6.20 Å². The third kappa shape index (κ3) is 2.23. The monoisotopic (exact) mass is 140 g/mol. The predicted octanol–water partition coefficient (Wildman–Crippen LogP) is -0.175. The summed E-state index contributed by atoms with van der Waals surface area (Å²) in [5.74, 6) is 0.576. The van der Waals surface area contributed by atoms with Crippen LogP contribution >= 0.6 is 0 Å². The Bertz CT molecular complexity index is 188. The number of hydrogen-bond acceptors (Lipinski definition) is 2. The highest BCUT2D eigenvalue weighted by Gasteiger charge is 1.83. The Hall–Kier alpha value is -1.42. The minimum absolute atomic E-state index is 0. The van der Waals surface area contributed by atoms with Crippen molar-refractivity contribution in [3.05, 3.63) is 24.4 Å². The fourth-order valence-electron chi connectivity index (χ4n) is 0.509. The van der Waals surface area contributed by atoms with Crippen LogP contribution in [0.1, 0.15) is 0 Å². The van der Waals surface area contributed by atoms with Crippen molar-refractivity contribution in [2.75, 3.05) is 5.32 Å². The van der Waals surface area contributed by atoms with Gasteiger partial charge in [0.05, 0.1) is 0 Å². The Morgan fingerprint density at radius 1 is 1.50 bits per heavy atom. The van der Waals surface area contributed by atoms with Crippen LogP contribution in [-0.4, -0.2) is 16.9 Å². The number of carbonyl (C=O) groups is 1. The number of hydrogen-bond donors (Lipinski definition) is 1. The average Bonchev–Trinajstić information content (AvgIpc) is 1.91. The molecule has 0 atom stereocenters. The van der Waals surface area contributed by atoms with Crippen LogP contribution in [0.25, 0.3) is 0 Å². The van der Waals surface area contributed by atoms with Gasteiger partial charge in [0.2, 0.25) is 6.41 Å². The molecule has 10 heavy (non-hydrogen) atoms. The average molecular weight is 140 g/mol. The van der Waals surface area contributed by atoms with Crippen molar-refractivity contribution in [1.82, 2.24) is 4.98 Å². The lowest BCUT2D eigenvalue weighted by atomic mass is 10.5.